The fourth-order valence-corrected chi connectivity index (χ4v) is 10.8. The van der Waals surface area contributed by atoms with Gasteiger partial charge in [-0.1, -0.05) is 152 Å². The van der Waals surface area contributed by atoms with E-state index in [2.05, 4.69) is 197 Å². The zero-order valence-electron chi connectivity index (χ0n) is 31.3. The molecule has 0 unspecified atom stereocenters. The molecule has 0 amide bonds. The van der Waals surface area contributed by atoms with Gasteiger partial charge in [-0.15, -0.1) is 0 Å². The van der Waals surface area contributed by atoms with E-state index in [0.717, 1.165) is 27.5 Å². The lowest BCUT2D eigenvalue weighted by molar-refractivity contribution is 0.669. The zero-order chi connectivity index (χ0) is 37.6. The highest BCUT2D eigenvalue weighted by Crippen LogP contribution is 2.47. The van der Waals surface area contributed by atoms with Crippen LogP contribution in [0.2, 0.25) is 0 Å². The molecule has 266 valence electrons. The first-order chi connectivity index (χ1) is 28.8. The van der Waals surface area contributed by atoms with Gasteiger partial charge < -0.3 is 13.6 Å². The summed E-state index contributed by atoms with van der Waals surface area (Å²) in [5.74, 6) is 0. The molecule has 0 aliphatic carbocycles. The van der Waals surface area contributed by atoms with Gasteiger partial charge >= 0.3 is 0 Å². The van der Waals surface area contributed by atoms with E-state index in [9.17, 15) is 0 Å². The van der Waals surface area contributed by atoms with Gasteiger partial charge in [-0.2, -0.15) is 0 Å². The quantitative estimate of drug-likeness (QED) is 0.166. The lowest BCUT2D eigenvalue weighted by Crippen LogP contribution is -2.59. The number of furan rings is 1. The summed E-state index contributed by atoms with van der Waals surface area (Å²) in [6, 6.07) is 69.4. The third kappa shape index (κ3) is 3.84. The fraction of sp³-hybridized carbons (Fsp3) is 0. The Hall–Kier alpha value is -7.56. The first-order valence-corrected chi connectivity index (χ1v) is 20.1. The van der Waals surface area contributed by atoms with E-state index in [1.165, 1.54) is 99.2 Å². The Morgan fingerprint density at radius 2 is 1.03 bits per heavy atom. The standard InChI is InChI=1S/C54H31BN2O/c1-4-15-32(16-5-1)36-28-45-51-46(29-36)57-52(34-19-8-3-9-20-34)49(33-17-6-2-7-18-33)42-27-35-21-10-11-22-37(35)50(54(42)57)55(51)43-25-14-24-39-40-30-41-38-23-12-13-26-47(38)58-48(41)31-44(40)56(45)53(39)43/h1-31H. The van der Waals surface area contributed by atoms with Gasteiger partial charge in [0.2, 0.25) is 0 Å². The normalized spacial score (nSPS) is 12.8. The predicted molar refractivity (Wildman–Crippen MR) is 243 cm³/mol. The average Bonchev–Trinajstić information content (AvgIpc) is 3.94. The molecule has 3 aromatic heterocycles. The van der Waals surface area contributed by atoms with E-state index < -0.39 is 0 Å². The molecule has 12 aromatic rings. The molecule has 14 rings (SSSR count). The number of nitrogens with zero attached hydrogens (tertiary/aromatic N) is 2. The van der Waals surface area contributed by atoms with E-state index in [1.807, 2.05) is 0 Å². The van der Waals surface area contributed by atoms with Crippen molar-refractivity contribution in [3.8, 4) is 44.9 Å². The highest BCUT2D eigenvalue weighted by molar-refractivity contribution is 7.01. The number of aromatic nitrogens is 2. The molecular formula is C54H31BN2O. The fourth-order valence-electron chi connectivity index (χ4n) is 10.8. The van der Waals surface area contributed by atoms with Crippen molar-refractivity contribution in [2.75, 3.05) is 0 Å². The van der Waals surface area contributed by atoms with E-state index in [0.29, 0.717) is 0 Å². The van der Waals surface area contributed by atoms with Crippen LogP contribution in [-0.2, 0) is 0 Å². The monoisotopic (exact) mass is 734 g/mol. The number of para-hydroxylation sites is 2. The second-order valence-electron chi connectivity index (χ2n) is 16.0. The minimum absolute atomic E-state index is 0.00223. The molecule has 0 radical (unpaired) electrons. The molecule has 0 fully saturated rings. The molecule has 9 aromatic carbocycles. The summed E-state index contributed by atoms with van der Waals surface area (Å²) in [5.41, 5.74) is 19.3. The molecule has 5 heterocycles. The van der Waals surface area contributed by atoms with Crippen LogP contribution in [0.3, 0.4) is 0 Å². The van der Waals surface area contributed by atoms with Crippen LogP contribution in [0.1, 0.15) is 0 Å². The highest BCUT2D eigenvalue weighted by Gasteiger charge is 2.43. The van der Waals surface area contributed by atoms with Crippen molar-refractivity contribution in [1.29, 1.82) is 0 Å². The molecule has 4 heteroatoms. The summed E-state index contributed by atoms with van der Waals surface area (Å²) in [4.78, 5) is 0. The number of rotatable bonds is 3. The molecule has 0 saturated carbocycles. The van der Waals surface area contributed by atoms with Gasteiger partial charge in [0.15, 0.2) is 0 Å². The second-order valence-corrected chi connectivity index (χ2v) is 16.0. The van der Waals surface area contributed by atoms with Crippen LogP contribution >= 0.6 is 0 Å². The Morgan fingerprint density at radius 1 is 0.379 bits per heavy atom. The summed E-state index contributed by atoms with van der Waals surface area (Å²) in [6.45, 7) is 0.00223. The Kier molecular flexibility index (Phi) is 5.84. The van der Waals surface area contributed by atoms with Crippen LogP contribution < -0.4 is 16.4 Å². The Labute approximate surface area is 333 Å². The van der Waals surface area contributed by atoms with Crippen LogP contribution in [0.15, 0.2) is 192 Å². The van der Waals surface area contributed by atoms with Gasteiger partial charge in [0.05, 0.1) is 16.7 Å². The van der Waals surface area contributed by atoms with Gasteiger partial charge in [0.25, 0.3) is 6.71 Å². The number of hydrogen-bond donors (Lipinski definition) is 0. The van der Waals surface area contributed by atoms with Crippen LogP contribution in [0.25, 0.3) is 110 Å². The molecule has 0 bridgehead atoms. The summed E-state index contributed by atoms with van der Waals surface area (Å²) in [6.07, 6.45) is 0. The SMILES string of the molecule is c1ccc(-c2cc3c4c(c2)-n2c5cc6oc7ccccc7c6cc5c5cccc(c52)B4c2c4ccccc4cc4c(-c5ccccc5)c(-c5ccccc5)n-3c24)cc1. The van der Waals surface area contributed by atoms with Crippen molar-refractivity contribution in [2.45, 2.75) is 0 Å². The Bertz CT molecular complexity index is 3720. The smallest absolute Gasteiger partial charge is 0.253 e. The van der Waals surface area contributed by atoms with Crippen molar-refractivity contribution in [2.24, 2.45) is 0 Å². The van der Waals surface area contributed by atoms with Gasteiger partial charge in [-0.25, -0.2) is 0 Å². The summed E-state index contributed by atoms with van der Waals surface area (Å²) in [7, 11) is 0. The van der Waals surface area contributed by atoms with Gasteiger partial charge in [0.1, 0.15) is 11.2 Å². The van der Waals surface area contributed by atoms with Crippen molar-refractivity contribution in [3.63, 3.8) is 0 Å². The number of benzene rings is 9. The van der Waals surface area contributed by atoms with Gasteiger partial charge in [-0.3, -0.25) is 0 Å². The maximum Gasteiger partial charge on any atom is 0.253 e. The number of fused-ring (bicyclic) bond motifs is 12. The van der Waals surface area contributed by atoms with Gasteiger partial charge in [0, 0.05) is 55.5 Å². The van der Waals surface area contributed by atoms with Crippen LogP contribution in [-0.4, -0.2) is 15.8 Å². The molecule has 0 atom stereocenters. The molecule has 0 saturated heterocycles. The average molecular weight is 735 g/mol. The molecule has 0 N–H and O–H groups in total. The summed E-state index contributed by atoms with van der Waals surface area (Å²) in [5, 5.41) is 8.65. The minimum atomic E-state index is 0.00223. The van der Waals surface area contributed by atoms with Crippen LogP contribution in [0, 0.1) is 0 Å². The van der Waals surface area contributed by atoms with Gasteiger partial charge in [-0.05, 0) is 79.7 Å². The molecular weight excluding hydrogens is 703 g/mol. The second kappa shape index (κ2) is 11.1. The predicted octanol–water partition coefficient (Wildman–Crippen LogP) is 11.9. The third-order valence-electron chi connectivity index (χ3n) is 13.1. The van der Waals surface area contributed by atoms with Crippen LogP contribution in [0.4, 0.5) is 0 Å². The summed E-state index contributed by atoms with van der Waals surface area (Å²) >= 11 is 0. The Morgan fingerprint density at radius 3 is 1.83 bits per heavy atom. The third-order valence-corrected chi connectivity index (χ3v) is 13.1. The first-order valence-electron chi connectivity index (χ1n) is 20.1. The van der Waals surface area contributed by atoms with Crippen molar-refractivity contribution >= 4 is 88.5 Å². The molecule has 3 nitrogen and oxygen atoms in total. The van der Waals surface area contributed by atoms with Crippen molar-refractivity contribution < 1.29 is 4.42 Å². The first kappa shape index (κ1) is 30.6. The molecule has 0 spiro atoms. The maximum absolute atomic E-state index is 6.59. The molecule has 2 aliphatic rings. The number of hydrogen-bond acceptors (Lipinski definition) is 1. The Balaban J connectivity index is 1.23. The van der Waals surface area contributed by atoms with Crippen LogP contribution in [0.5, 0.6) is 0 Å². The van der Waals surface area contributed by atoms with E-state index in [1.54, 1.807) is 0 Å². The maximum atomic E-state index is 6.59. The highest BCUT2D eigenvalue weighted by atomic mass is 16.3. The largest absolute Gasteiger partial charge is 0.456 e. The molecule has 2 aliphatic heterocycles. The van der Waals surface area contributed by atoms with E-state index in [4.69, 9.17) is 4.42 Å². The van der Waals surface area contributed by atoms with Crippen molar-refractivity contribution in [3.05, 3.63) is 188 Å². The van der Waals surface area contributed by atoms with Crippen molar-refractivity contribution in [1.82, 2.24) is 9.13 Å². The molecule has 58 heavy (non-hydrogen) atoms. The van der Waals surface area contributed by atoms with E-state index in [-0.39, 0.29) is 6.71 Å². The lowest BCUT2D eigenvalue weighted by Gasteiger charge is -2.35. The minimum Gasteiger partial charge on any atom is -0.456 e. The zero-order valence-corrected chi connectivity index (χ0v) is 31.3. The lowest BCUT2D eigenvalue weighted by atomic mass is 9.33. The van der Waals surface area contributed by atoms with E-state index >= 15 is 0 Å². The summed E-state index contributed by atoms with van der Waals surface area (Å²) < 4.78 is 11.8. The topological polar surface area (TPSA) is 23.0 Å².